The Morgan fingerprint density at radius 2 is 1.90 bits per heavy atom. The lowest BCUT2D eigenvalue weighted by Gasteiger charge is -2.32. The standard InChI is InChI=1S/C17H25N3S/c18-17(21)16-7-3-2-6-14(16)12-19-11-8-15(13-19)20-9-4-1-5-10-20/h2-3,6-7,15H,1,4-5,8-13H2,(H2,18,21). The normalized spacial score (nSPS) is 24.3. The molecule has 4 heteroatoms. The second-order valence-electron chi connectivity index (χ2n) is 6.30. The number of nitrogens with two attached hydrogens (primary N) is 1. The van der Waals surface area contributed by atoms with E-state index in [0.717, 1.165) is 18.2 Å². The average Bonchev–Trinajstić information content (AvgIpc) is 2.97. The molecule has 2 fully saturated rings. The van der Waals surface area contributed by atoms with Crippen LogP contribution in [0.4, 0.5) is 0 Å². The zero-order chi connectivity index (χ0) is 14.7. The van der Waals surface area contributed by atoms with Crippen molar-refractivity contribution in [2.75, 3.05) is 26.2 Å². The van der Waals surface area contributed by atoms with E-state index >= 15 is 0 Å². The van der Waals surface area contributed by atoms with Gasteiger partial charge in [0.25, 0.3) is 0 Å². The molecule has 2 aliphatic rings. The summed E-state index contributed by atoms with van der Waals surface area (Å²) in [5.74, 6) is 0. The summed E-state index contributed by atoms with van der Waals surface area (Å²) in [5, 5.41) is 0. The van der Waals surface area contributed by atoms with Gasteiger partial charge in [0.15, 0.2) is 0 Å². The van der Waals surface area contributed by atoms with Gasteiger partial charge in [-0.1, -0.05) is 42.9 Å². The van der Waals surface area contributed by atoms with Gasteiger partial charge in [-0.25, -0.2) is 0 Å². The van der Waals surface area contributed by atoms with Crippen molar-refractivity contribution < 1.29 is 0 Å². The highest BCUT2D eigenvalue weighted by Gasteiger charge is 2.28. The fourth-order valence-electron chi connectivity index (χ4n) is 3.68. The lowest BCUT2D eigenvalue weighted by atomic mass is 10.1. The molecule has 2 saturated heterocycles. The highest BCUT2D eigenvalue weighted by molar-refractivity contribution is 7.80. The van der Waals surface area contributed by atoms with Crippen molar-refractivity contribution in [1.82, 2.24) is 9.80 Å². The molecule has 3 nitrogen and oxygen atoms in total. The molecule has 0 spiro atoms. The Bertz CT molecular complexity index is 497. The molecule has 1 unspecified atom stereocenters. The van der Waals surface area contributed by atoms with Gasteiger partial charge in [0, 0.05) is 31.2 Å². The predicted octanol–water partition coefficient (Wildman–Crippen LogP) is 2.38. The highest BCUT2D eigenvalue weighted by Crippen LogP contribution is 2.22. The molecule has 2 N–H and O–H groups in total. The van der Waals surface area contributed by atoms with E-state index in [0.29, 0.717) is 4.99 Å². The Hall–Kier alpha value is -0.970. The van der Waals surface area contributed by atoms with E-state index in [1.807, 2.05) is 12.1 Å². The second-order valence-corrected chi connectivity index (χ2v) is 6.74. The van der Waals surface area contributed by atoms with Crippen LogP contribution < -0.4 is 5.73 Å². The largest absolute Gasteiger partial charge is 0.389 e. The van der Waals surface area contributed by atoms with Crippen molar-refractivity contribution in [2.24, 2.45) is 5.73 Å². The summed E-state index contributed by atoms with van der Waals surface area (Å²) in [6.07, 6.45) is 5.46. The summed E-state index contributed by atoms with van der Waals surface area (Å²) >= 11 is 5.17. The van der Waals surface area contributed by atoms with Gasteiger partial charge in [-0.15, -0.1) is 0 Å². The van der Waals surface area contributed by atoms with Crippen LogP contribution in [0.5, 0.6) is 0 Å². The molecular formula is C17H25N3S. The fourth-order valence-corrected chi connectivity index (χ4v) is 3.88. The molecule has 0 aromatic heterocycles. The Morgan fingerprint density at radius 1 is 1.14 bits per heavy atom. The van der Waals surface area contributed by atoms with Gasteiger partial charge in [-0.2, -0.15) is 0 Å². The molecule has 21 heavy (non-hydrogen) atoms. The van der Waals surface area contributed by atoms with Gasteiger partial charge in [0.2, 0.25) is 0 Å². The summed E-state index contributed by atoms with van der Waals surface area (Å²) in [7, 11) is 0. The zero-order valence-electron chi connectivity index (χ0n) is 12.6. The maximum atomic E-state index is 5.84. The van der Waals surface area contributed by atoms with Crippen molar-refractivity contribution in [2.45, 2.75) is 38.3 Å². The van der Waals surface area contributed by atoms with Gasteiger partial charge in [0.05, 0.1) is 0 Å². The monoisotopic (exact) mass is 303 g/mol. The van der Waals surface area contributed by atoms with Crippen molar-refractivity contribution in [3.05, 3.63) is 35.4 Å². The van der Waals surface area contributed by atoms with Gasteiger partial charge in [-0.3, -0.25) is 9.80 Å². The van der Waals surface area contributed by atoms with E-state index in [1.54, 1.807) is 0 Å². The third kappa shape index (κ3) is 3.62. The molecule has 0 amide bonds. The van der Waals surface area contributed by atoms with E-state index in [-0.39, 0.29) is 0 Å². The molecule has 2 heterocycles. The zero-order valence-corrected chi connectivity index (χ0v) is 13.4. The third-order valence-corrected chi connectivity index (χ3v) is 5.05. The summed E-state index contributed by atoms with van der Waals surface area (Å²) in [6, 6.07) is 9.04. The van der Waals surface area contributed by atoms with Crippen LogP contribution in [-0.2, 0) is 6.54 Å². The molecule has 0 saturated carbocycles. The van der Waals surface area contributed by atoms with Crippen molar-refractivity contribution in [1.29, 1.82) is 0 Å². The van der Waals surface area contributed by atoms with Gasteiger partial charge in [0.1, 0.15) is 4.99 Å². The first-order chi connectivity index (χ1) is 10.2. The molecule has 1 aromatic carbocycles. The maximum Gasteiger partial charge on any atom is 0.104 e. The minimum Gasteiger partial charge on any atom is -0.389 e. The molecule has 0 bridgehead atoms. The number of likely N-dealkylation sites (tertiary alicyclic amines) is 2. The number of benzene rings is 1. The van der Waals surface area contributed by atoms with Crippen LogP contribution in [0.3, 0.4) is 0 Å². The lowest BCUT2D eigenvalue weighted by Crippen LogP contribution is -2.40. The predicted molar refractivity (Wildman–Crippen MR) is 91.4 cm³/mol. The SMILES string of the molecule is NC(=S)c1ccccc1CN1CCC(N2CCCCC2)C1. The topological polar surface area (TPSA) is 32.5 Å². The summed E-state index contributed by atoms with van der Waals surface area (Å²) in [5.41, 5.74) is 8.14. The van der Waals surface area contributed by atoms with Gasteiger partial charge in [-0.05, 0) is 37.9 Å². The quantitative estimate of drug-likeness (QED) is 0.866. The molecular weight excluding hydrogens is 278 g/mol. The van der Waals surface area contributed by atoms with E-state index in [1.165, 1.54) is 57.4 Å². The van der Waals surface area contributed by atoms with Crippen LogP contribution in [0.25, 0.3) is 0 Å². The molecule has 0 aliphatic carbocycles. The molecule has 1 atom stereocenters. The van der Waals surface area contributed by atoms with E-state index < -0.39 is 0 Å². The van der Waals surface area contributed by atoms with E-state index in [2.05, 4.69) is 21.9 Å². The Labute approximate surface area is 133 Å². The highest BCUT2D eigenvalue weighted by atomic mass is 32.1. The molecule has 114 valence electrons. The molecule has 3 rings (SSSR count). The van der Waals surface area contributed by atoms with Crippen molar-refractivity contribution in [3.63, 3.8) is 0 Å². The first-order valence-corrected chi connectivity index (χ1v) is 8.49. The Morgan fingerprint density at radius 3 is 2.67 bits per heavy atom. The summed E-state index contributed by atoms with van der Waals surface area (Å²) < 4.78 is 0. The minimum atomic E-state index is 0.511. The van der Waals surface area contributed by atoms with Crippen molar-refractivity contribution >= 4 is 17.2 Å². The second kappa shape index (κ2) is 6.86. The van der Waals surface area contributed by atoms with Crippen LogP contribution in [0, 0.1) is 0 Å². The van der Waals surface area contributed by atoms with E-state index in [9.17, 15) is 0 Å². The van der Waals surface area contributed by atoms with Crippen LogP contribution >= 0.6 is 12.2 Å². The third-order valence-electron chi connectivity index (χ3n) is 4.83. The number of thiocarbonyl (C=S) groups is 1. The molecule has 1 aromatic rings. The fraction of sp³-hybridized carbons (Fsp3) is 0.588. The summed E-state index contributed by atoms with van der Waals surface area (Å²) in [4.78, 5) is 5.76. The van der Waals surface area contributed by atoms with Crippen LogP contribution in [0.2, 0.25) is 0 Å². The molecule has 0 radical (unpaired) electrons. The maximum absolute atomic E-state index is 5.84. The first-order valence-electron chi connectivity index (χ1n) is 8.08. The van der Waals surface area contributed by atoms with Gasteiger partial charge >= 0.3 is 0 Å². The summed E-state index contributed by atoms with van der Waals surface area (Å²) in [6.45, 7) is 5.93. The number of rotatable bonds is 4. The number of hydrogen-bond donors (Lipinski definition) is 1. The van der Waals surface area contributed by atoms with Crippen molar-refractivity contribution in [3.8, 4) is 0 Å². The average molecular weight is 303 g/mol. The number of nitrogens with zero attached hydrogens (tertiary/aromatic N) is 2. The minimum absolute atomic E-state index is 0.511. The number of piperidine rings is 1. The lowest BCUT2D eigenvalue weighted by molar-refractivity contribution is 0.161. The van der Waals surface area contributed by atoms with E-state index in [4.69, 9.17) is 18.0 Å². The van der Waals surface area contributed by atoms with Gasteiger partial charge < -0.3 is 5.73 Å². The van der Waals surface area contributed by atoms with Crippen LogP contribution in [-0.4, -0.2) is 47.0 Å². The smallest absolute Gasteiger partial charge is 0.104 e. The first kappa shape index (κ1) is 14.9. The Kier molecular flexibility index (Phi) is 4.88. The van der Waals surface area contributed by atoms with Crippen LogP contribution in [0.15, 0.2) is 24.3 Å². The van der Waals surface area contributed by atoms with Crippen LogP contribution in [0.1, 0.15) is 36.8 Å². The number of hydrogen-bond acceptors (Lipinski definition) is 3. The molecule has 2 aliphatic heterocycles. The Balaban J connectivity index is 1.61.